The number of nitrogens with one attached hydrogen (secondary N) is 1. The van der Waals surface area contributed by atoms with Crippen molar-refractivity contribution in [3.63, 3.8) is 0 Å². The van der Waals surface area contributed by atoms with Gasteiger partial charge in [-0.2, -0.15) is 0 Å². The van der Waals surface area contributed by atoms with Gasteiger partial charge >= 0.3 is 5.97 Å². The van der Waals surface area contributed by atoms with Gasteiger partial charge in [0, 0.05) is 25.7 Å². The second kappa shape index (κ2) is 8.01. The number of carboxylic acid groups (broad SMARTS) is 1. The molecule has 1 aromatic carbocycles. The number of piperidine rings is 1. The number of hydrogen-bond acceptors (Lipinski definition) is 3. The van der Waals surface area contributed by atoms with E-state index in [0.717, 1.165) is 58.2 Å². The maximum atomic E-state index is 13.0. The minimum Gasteiger partial charge on any atom is -0.481 e. The van der Waals surface area contributed by atoms with E-state index in [1.807, 2.05) is 6.07 Å². The van der Waals surface area contributed by atoms with Crippen molar-refractivity contribution in [2.24, 2.45) is 23.7 Å². The summed E-state index contributed by atoms with van der Waals surface area (Å²) in [5.41, 5.74) is 1.32. The zero-order chi connectivity index (χ0) is 18.8. The maximum absolute atomic E-state index is 13.0. The number of nitrogens with zero attached hydrogens (tertiary/aromatic N) is 1. The number of carbonyl (C=O) groups excluding carboxylic acids is 1. The van der Waals surface area contributed by atoms with Gasteiger partial charge in [-0.05, 0) is 55.9 Å². The van der Waals surface area contributed by atoms with Crippen LogP contribution in [0.3, 0.4) is 0 Å². The lowest BCUT2D eigenvalue weighted by Gasteiger charge is -2.46. The SMILES string of the molecule is O=C(O)C1C2CCC(CC2)C1C(=O)NC1CCN(Cc2ccccc2)CC1. The van der Waals surface area contributed by atoms with Crippen LogP contribution in [0.2, 0.25) is 0 Å². The number of hydrogen-bond donors (Lipinski definition) is 2. The average Bonchev–Trinajstić information content (AvgIpc) is 2.70. The molecular weight excluding hydrogens is 340 g/mol. The van der Waals surface area contributed by atoms with Crippen LogP contribution in [0.1, 0.15) is 44.1 Å². The summed E-state index contributed by atoms with van der Waals surface area (Å²) < 4.78 is 0. The van der Waals surface area contributed by atoms with Crippen LogP contribution in [0.4, 0.5) is 0 Å². The Morgan fingerprint density at radius 1 is 0.926 bits per heavy atom. The Morgan fingerprint density at radius 2 is 1.52 bits per heavy atom. The molecule has 1 saturated heterocycles. The zero-order valence-electron chi connectivity index (χ0n) is 15.8. The predicted octanol–water partition coefficient (Wildman–Crippen LogP) is 2.90. The Hall–Kier alpha value is -1.88. The topological polar surface area (TPSA) is 69.6 Å². The summed E-state index contributed by atoms with van der Waals surface area (Å²) in [5.74, 6) is -1.13. The Kier molecular flexibility index (Phi) is 5.48. The molecule has 0 radical (unpaired) electrons. The normalized spacial score (nSPS) is 31.6. The summed E-state index contributed by atoms with van der Waals surface area (Å²) in [7, 11) is 0. The molecule has 1 heterocycles. The Balaban J connectivity index is 1.31. The van der Waals surface area contributed by atoms with Crippen LogP contribution < -0.4 is 5.32 Å². The largest absolute Gasteiger partial charge is 0.481 e. The zero-order valence-corrected chi connectivity index (χ0v) is 15.8. The molecule has 2 unspecified atom stereocenters. The number of likely N-dealkylation sites (tertiary alicyclic amines) is 1. The first kappa shape index (κ1) is 18.5. The van der Waals surface area contributed by atoms with Crippen LogP contribution in [0.25, 0.3) is 0 Å². The highest BCUT2D eigenvalue weighted by Gasteiger charge is 2.50. The molecule has 1 amide bonds. The highest BCUT2D eigenvalue weighted by molar-refractivity contribution is 5.85. The molecule has 27 heavy (non-hydrogen) atoms. The number of amides is 1. The third kappa shape index (κ3) is 4.03. The first-order chi connectivity index (χ1) is 13.1. The average molecular weight is 370 g/mol. The van der Waals surface area contributed by atoms with Crippen molar-refractivity contribution in [3.05, 3.63) is 35.9 Å². The van der Waals surface area contributed by atoms with Crippen LogP contribution in [0.15, 0.2) is 30.3 Å². The molecule has 1 aromatic rings. The Morgan fingerprint density at radius 3 is 2.11 bits per heavy atom. The van der Waals surface area contributed by atoms with Crippen molar-refractivity contribution in [3.8, 4) is 0 Å². The minimum atomic E-state index is -0.776. The van der Waals surface area contributed by atoms with Crippen LogP contribution in [-0.2, 0) is 16.1 Å². The summed E-state index contributed by atoms with van der Waals surface area (Å²) in [6.45, 7) is 2.90. The summed E-state index contributed by atoms with van der Waals surface area (Å²) in [6.07, 6.45) is 5.87. The van der Waals surface area contributed by atoms with E-state index < -0.39 is 11.9 Å². The number of fused-ring (bicyclic) bond motifs is 3. The number of aliphatic carboxylic acids is 1. The van der Waals surface area contributed by atoms with E-state index in [9.17, 15) is 14.7 Å². The molecule has 2 bridgehead atoms. The lowest BCUT2D eigenvalue weighted by atomic mass is 9.58. The fraction of sp³-hybridized carbons (Fsp3) is 0.636. The fourth-order valence-electron chi connectivity index (χ4n) is 5.56. The number of rotatable bonds is 5. The predicted molar refractivity (Wildman–Crippen MR) is 103 cm³/mol. The van der Waals surface area contributed by atoms with Crippen molar-refractivity contribution >= 4 is 11.9 Å². The molecule has 5 nitrogen and oxygen atoms in total. The van der Waals surface area contributed by atoms with Crippen LogP contribution in [0, 0.1) is 23.7 Å². The molecule has 2 atom stereocenters. The summed E-state index contributed by atoms with van der Waals surface area (Å²) in [5, 5.41) is 12.9. The van der Waals surface area contributed by atoms with Gasteiger partial charge in [0.1, 0.15) is 0 Å². The van der Waals surface area contributed by atoms with E-state index in [2.05, 4.69) is 34.5 Å². The molecule has 5 rings (SSSR count). The highest BCUT2D eigenvalue weighted by atomic mass is 16.4. The monoisotopic (exact) mass is 370 g/mol. The van der Waals surface area contributed by atoms with Gasteiger partial charge in [0.2, 0.25) is 5.91 Å². The molecule has 5 heteroatoms. The molecule has 3 saturated carbocycles. The van der Waals surface area contributed by atoms with Crippen LogP contribution in [0.5, 0.6) is 0 Å². The van der Waals surface area contributed by atoms with Gasteiger partial charge in [-0.1, -0.05) is 30.3 Å². The lowest BCUT2D eigenvalue weighted by molar-refractivity contribution is -0.158. The first-order valence-corrected chi connectivity index (χ1v) is 10.4. The van der Waals surface area contributed by atoms with Gasteiger partial charge < -0.3 is 10.4 Å². The smallest absolute Gasteiger partial charge is 0.307 e. The minimum absolute atomic E-state index is 0.00157. The number of carboxylic acids is 1. The summed E-state index contributed by atoms with van der Waals surface area (Å²) in [6, 6.07) is 10.7. The molecule has 0 aromatic heterocycles. The van der Waals surface area contributed by atoms with Crippen molar-refractivity contribution in [2.45, 2.75) is 51.1 Å². The van der Waals surface area contributed by atoms with E-state index in [1.165, 1.54) is 5.56 Å². The Labute approximate surface area is 161 Å². The lowest BCUT2D eigenvalue weighted by Crippen LogP contribution is -2.53. The van der Waals surface area contributed by atoms with Gasteiger partial charge in [0.25, 0.3) is 0 Å². The van der Waals surface area contributed by atoms with Crippen molar-refractivity contribution in [2.75, 3.05) is 13.1 Å². The molecule has 4 fully saturated rings. The first-order valence-electron chi connectivity index (χ1n) is 10.4. The highest BCUT2D eigenvalue weighted by Crippen LogP contribution is 2.49. The Bertz CT molecular complexity index is 661. The third-order valence-electron chi connectivity index (χ3n) is 6.99. The van der Waals surface area contributed by atoms with Crippen LogP contribution in [-0.4, -0.2) is 41.0 Å². The molecule has 2 N–H and O–H groups in total. The maximum Gasteiger partial charge on any atom is 0.307 e. The number of carbonyl (C=O) groups is 2. The van der Waals surface area contributed by atoms with Gasteiger partial charge in [0.05, 0.1) is 11.8 Å². The van der Waals surface area contributed by atoms with Crippen LogP contribution >= 0.6 is 0 Å². The molecule has 1 aliphatic heterocycles. The van der Waals surface area contributed by atoms with E-state index in [0.29, 0.717) is 0 Å². The molecule has 3 aliphatic carbocycles. The van der Waals surface area contributed by atoms with Gasteiger partial charge in [-0.3, -0.25) is 14.5 Å². The van der Waals surface area contributed by atoms with Crippen molar-refractivity contribution < 1.29 is 14.7 Å². The molecule has 146 valence electrons. The van der Waals surface area contributed by atoms with E-state index in [1.54, 1.807) is 0 Å². The summed E-state index contributed by atoms with van der Waals surface area (Å²) >= 11 is 0. The van der Waals surface area contributed by atoms with Crippen molar-refractivity contribution in [1.82, 2.24) is 10.2 Å². The molecule has 0 spiro atoms. The van der Waals surface area contributed by atoms with E-state index in [-0.39, 0.29) is 29.7 Å². The van der Waals surface area contributed by atoms with Gasteiger partial charge in [-0.25, -0.2) is 0 Å². The fourth-order valence-corrected chi connectivity index (χ4v) is 5.56. The van der Waals surface area contributed by atoms with Gasteiger partial charge in [0.15, 0.2) is 0 Å². The van der Waals surface area contributed by atoms with Crippen molar-refractivity contribution in [1.29, 1.82) is 0 Å². The van der Waals surface area contributed by atoms with Gasteiger partial charge in [-0.15, -0.1) is 0 Å². The third-order valence-corrected chi connectivity index (χ3v) is 6.99. The molecular formula is C22H30N2O3. The quantitative estimate of drug-likeness (QED) is 0.836. The summed E-state index contributed by atoms with van der Waals surface area (Å²) in [4.78, 5) is 27.2. The molecule has 4 aliphatic rings. The standard InChI is InChI=1S/C22H30N2O3/c25-21(19-16-6-8-17(9-7-16)20(19)22(26)27)23-18-10-12-24(13-11-18)14-15-4-2-1-3-5-15/h1-5,16-20H,6-14H2,(H,23,25)(H,26,27). The second-order valence-corrected chi connectivity index (χ2v) is 8.61. The second-order valence-electron chi connectivity index (χ2n) is 8.61. The number of benzene rings is 1. The van der Waals surface area contributed by atoms with E-state index in [4.69, 9.17) is 0 Å². The van der Waals surface area contributed by atoms with E-state index >= 15 is 0 Å².